The Balaban J connectivity index is 1.48. The highest BCUT2D eigenvalue weighted by Crippen LogP contribution is 2.28. The highest BCUT2D eigenvalue weighted by molar-refractivity contribution is 7.99. The number of thioether (sulfide) groups is 1. The van der Waals surface area contributed by atoms with E-state index in [4.69, 9.17) is 0 Å². The number of benzene rings is 2. The molecule has 0 bridgehead atoms. The molecule has 0 fully saturated rings. The van der Waals surface area contributed by atoms with Gasteiger partial charge in [0.2, 0.25) is 0 Å². The van der Waals surface area contributed by atoms with Crippen molar-refractivity contribution in [2.75, 3.05) is 5.88 Å². The molecule has 3 heterocycles. The van der Waals surface area contributed by atoms with Crippen molar-refractivity contribution < 1.29 is 9.59 Å². The van der Waals surface area contributed by atoms with E-state index in [-0.39, 0.29) is 23.3 Å². The van der Waals surface area contributed by atoms with Crippen LogP contribution in [-0.2, 0) is 27.1 Å². The summed E-state index contributed by atoms with van der Waals surface area (Å²) in [5.41, 5.74) is 1.65. The highest BCUT2D eigenvalue weighted by Gasteiger charge is 2.35. The molecule has 0 saturated carbocycles. The van der Waals surface area contributed by atoms with Crippen LogP contribution in [0.3, 0.4) is 0 Å². The molecule has 2 aromatic heterocycles. The number of imide groups is 1. The van der Waals surface area contributed by atoms with Gasteiger partial charge in [-0.1, -0.05) is 54.2 Å². The van der Waals surface area contributed by atoms with Crippen LogP contribution >= 0.6 is 11.8 Å². The molecule has 4 aromatic rings. The lowest BCUT2D eigenvalue weighted by Crippen LogP contribution is -2.37. The van der Waals surface area contributed by atoms with Gasteiger partial charge < -0.3 is 4.57 Å². The molecule has 2 amide bonds. The maximum atomic E-state index is 13.0. The summed E-state index contributed by atoms with van der Waals surface area (Å²) >= 11 is 1.20. The molecule has 0 atom stereocenters. The predicted octanol–water partition coefficient (Wildman–Crippen LogP) is 2.41. The summed E-state index contributed by atoms with van der Waals surface area (Å²) in [6.45, 7) is 0.489. The number of amides is 2. The monoisotopic (exact) mass is 489 g/mol. The molecular weight excluding hydrogens is 466 g/mol. The molecule has 0 saturated heterocycles. The van der Waals surface area contributed by atoms with Gasteiger partial charge in [-0.25, -0.2) is 9.78 Å². The van der Waals surface area contributed by atoms with Crippen molar-refractivity contribution >= 4 is 34.7 Å². The number of fused-ring (bicyclic) bond motifs is 2. The lowest BCUT2D eigenvalue weighted by Gasteiger charge is -2.14. The Hall–Kier alpha value is -3.92. The van der Waals surface area contributed by atoms with Gasteiger partial charge in [-0.2, -0.15) is 0 Å². The first kappa shape index (κ1) is 22.9. The molecule has 0 radical (unpaired) electrons. The van der Waals surface area contributed by atoms with Crippen LogP contribution in [0.25, 0.3) is 11.2 Å². The Bertz CT molecular complexity index is 1550. The number of carbonyl (C=O) groups excluding carboxylic acids is 2. The summed E-state index contributed by atoms with van der Waals surface area (Å²) < 4.78 is 4.20. The maximum Gasteiger partial charge on any atom is 0.332 e. The number of aryl methyl sites for hydroxylation is 3. The first-order valence-corrected chi connectivity index (χ1v) is 12.1. The Kier molecular flexibility index (Phi) is 5.89. The van der Waals surface area contributed by atoms with Crippen molar-refractivity contribution in [1.29, 1.82) is 0 Å². The second-order valence-corrected chi connectivity index (χ2v) is 9.28. The predicted molar refractivity (Wildman–Crippen MR) is 133 cm³/mol. The van der Waals surface area contributed by atoms with E-state index in [1.165, 1.54) is 33.8 Å². The van der Waals surface area contributed by atoms with Crippen LogP contribution in [0.2, 0.25) is 0 Å². The minimum Gasteiger partial charge on any atom is -0.313 e. The van der Waals surface area contributed by atoms with E-state index in [0.29, 0.717) is 28.3 Å². The molecule has 35 heavy (non-hydrogen) atoms. The van der Waals surface area contributed by atoms with Crippen LogP contribution < -0.4 is 11.2 Å². The van der Waals surface area contributed by atoms with Crippen molar-refractivity contribution in [2.24, 2.45) is 14.1 Å². The minimum absolute atomic E-state index is 0.0443. The molecule has 2 aromatic carbocycles. The Morgan fingerprint density at radius 2 is 1.46 bits per heavy atom. The molecule has 10 heteroatoms. The third kappa shape index (κ3) is 3.89. The lowest BCUT2D eigenvalue weighted by molar-refractivity contribution is 0.0684. The molecule has 1 aliphatic rings. The van der Waals surface area contributed by atoms with Crippen molar-refractivity contribution in [3.63, 3.8) is 0 Å². The number of rotatable bonds is 7. The third-order valence-electron chi connectivity index (χ3n) is 6.20. The number of aromatic nitrogens is 4. The van der Waals surface area contributed by atoms with Crippen molar-refractivity contribution in [3.05, 3.63) is 92.1 Å². The Morgan fingerprint density at radius 1 is 0.829 bits per heavy atom. The van der Waals surface area contributed by atoms with Crippen molar-refractivity contribution in [1.82, 2.24) is 23.6 Å². The fourth-order valence-corrected chi connectivity index (χ4v) is 5.28. The van der Waals surface area contributed by atoms with Gasteiger partial charge in [-0.05, 0) is 30.5 Å². The topological polar surface area (TPSA) is 99.2 Å². The average Bonchev–Trinajstić information content (AvgIpc) is 3.36. The van der Waals surface area contributed by atoms with Gasteiger partial charge in [0.25, 0.3) is 17.4 Å². The van der Waals surface area contributed by atoms with Gasteiger partial charge >= 0.3 is 5.69 Å². The zero-order chi connectivity index (χ0) is 24.7. The standard InChI is InChI=1S/C25H23N5O4S/c1-27-20-19(23(33)28(2)25(27)34)29(14-8-11-16-9-4-3-5-10-16)24(26-20)35-15-30-21(31)17-12-6-7-13-18(17)22(30)32/h3-7,9-10,12-13H,8,11,14-15H2,1-2H3. The molecule has 1 aliphatic heterocycles. The van der Waals surface area contributed by atoms with E-state index in [9.17, 15) is 19.2 Å². The van der Waals surface area contributed by atoms with Crippen molar-refractivity contribution in [2.45, 2.75) is 24.5 Å². The second kappa shape index (κ2) is 9.03. The van der Waals surface area contributed by atoms with Crippen LogP contribution in [-0.4, -0.2) is 41.3 Å². The van der Waals surface area contributed by atoms with Gasteiger partial charge in [0, 0.05) is 20.6 Å². The van der Waals surface area contributed by atoms with Gasteiger partial charge in [0.05, 0.1) is 17.0 Å². The maximum absolute atomic E-state index is 13.0. The lowest BCUT2D eigenvalue weighted by atomic mass is 10.1. The molecule has 0 aliphatic carbocycles. The van der Waals surface area contributed by atoms with Crippen molar-refractivity contribution in [3.8, 4) is 0 Å². The zero-order valence-corrected chi connectivity index (χ0v) is 20.1. The van der Waals surface area contributed by atoms with Gasteiger partial charge in [0.15, 0.2) is 16.3 Å². The summed E-state index contributed by atoms with van der Waals surface area (Å²) in [6.07, 6.45) is 1.54. The SMILES string of the molecule is Cn1c(=O)c2c(nc(SCN3C(=O)c4ccccc4C3=O)n2CCCc2ccccc2)n(C)c1=O. The van der Waals surface area contributed by atoms with Crippen LogP contribution in [0, 0.1) is 0 Å². The number of hydrogen-bond donors (Lipinski definition) is 0. The molecular formula is C25H23N5O4S. The summed E-state index contributed by atoms with van der Waals surface area (Å²) in [7, 11) is 3.01. The Labute approximate surface area is 204 Å². The fraction of sp³-hybridized carbons (Fsp3) is 0.240. The van der Waals surface area contributed by atoms with Gasteiger partial charge in [-0.3, -0.25) is 28.4 Å². The molecule has 178 valence electrons. The van der Waals surface area contributed by atoms with Crippen LogP contribution in [0.15, 0.2) is 69.3 Å². The summed E-state index contributed by atoms with van der Waals surface area (Å²) in [4.78, 5) is 56.8. The van der Waals surface area contributed by atoms with E-state index < -0.39 is 11.2 Å². The summed E-state index contributed by atoms with van der Waals surface area (Å²) in [5, 5.41) is 0.475. The zero-order valence-electron chi connectivity index (χ0n) is 19.3. The molecule has 9 nitrogen and oxygen atoms in total. The van der Waals surface area contributed by atoms with E-state index in [2.05, 4.69) is 4.98 Å². The summed E-state index contributed by atoms with van der Waals surface area (Å²) in [5.74, 6) is -0.663. The van der Waals surface area contributed by atoms with E-state index in [1.807, 2.05) is 30.3 Å². The molecule has 0 unspecified atom stereocenters. The number of hydrogen-bond acceptors (Lipinski definition) is 6. The smallest absolute Gasteiger partial charge is 0.313 e. The van der Waals surface area contributed by atoms with E-state index >= 15 is 0 Å². The van der Waals surface area contributed by atoms with Gasteiger partial charge in [0.1, 0.15) is 0 Å². The first-order valence-electron chi connectivity index (χ1n) is 11.2. The van der Waals surface area contributed by atoms with E-state index in [0.717, 1.165) is 17.4 Å². The third-order valence-corrected chi connectivity index (χ3v) is 7.16. The van der Waals surface area contributed by atoms with Crippen LogP contribution in [0.4, 0.5) is 0 Å². The largest absolute Gasteiger partial charge is 0.332 e. The normalized spacial score (nSPS) is 13.1. The number of carbonyl (C=O) groups is 2. The minimum atomic E-state index is -0.465. The first-order chi connectivity index (χ1) is 16.9. The Morgan fingerprint density at radius 3 is 2.11 bits per heavy atom. The number of nitrogens with zero attached hydrogens (tertiary/aromatic N) is 5. The molecule has 5 rings (SSSR count). The number of imidazole rings is 1. The van der Waals surface area contributed by atoms with Crippen LogP contribution in [0.5, 0.6) is 0 Å². The fourth-order valence-electron chi connectivity index (χ4n) is 4.31. The summed E-state index contributed by atoms with van der Waals surface area (Å²) in [6, 6.07) is 16.8. The van der Waals surface area contributed by atoms with Gasteiger partial charge in [-0.15, -0.1) is 0 Å². The quantitative estimate of drug-likeness (QED) is 0.292. The molecule has 0 spiro atoms. The average molecular weight is 490 g/mol. The second-order valence-electron chi connectivity index (χ2n) is 8.37. The van der Waals surface area contributed by atoms with E-state index in [1.54, 1.807) is 35.9 Å². The van der Waals surface area contributed by atoms with Crippen LogP contribution in [0.1, 0.15) is 32.7 Å². The molecule has 0 N–H and O–H groups in total. The highest BCUT2D eigenvalue weighted by atomic mass is 32.2.